The highest BCUT2D eigenvalue weighted by molar-refractivity contribution is 6.04. The molecule has 0 amide bonds. The number of fused-ring (bicyclic) bond motifs is 1. The molecule has 0 bridgehead atoms. The molecule has 1 aromatic carbocycles. The van der Waals surface area contributed by atoms with Crippen LogP contribution in [0, 0.1) is 12.3 Å². The summed E-state index contributed by atoms with van der Waals surface area (Å²) in [5.74, 6) is 3.90. The van der Waals surface area contributed by atoms with Gasteiger partial charge < -0.3 is 9.55 Å². The first-order valence-electron chi connectivity index (χ1n) is 9.67. The molecule has 1 aliphatic heterocycles. The van der Waals surface area contributed by atoms with Crippen molar-refractivity contribution in [3.05, 3.63) is 60.8 Å². The Labute approximate surface area is 171 Å². The van der Waals surface area contributed by atoms with E-state index in [0.29, 0.717) is 5.76 Å². The van der Waals surface area contributed by atoms with E-state index in [1.165, 1.54) is 0 Å². The van der Waals surface area contributed by atoms with Crippen LogP contribution < -0.4 is 4.74 Å². The summed E-state index contributed by atoms with van der Waals surface area (Å²) in [5.41, 5.74) is 2.74. The van der Waals surface area contributed by atoms with Crippen molar-refractivity contribution in [3.63, 3.8) is 0 Å². The SMILES string of the molecule is BN1CCC[C@@H]1n1nc(-c2ccc(OC(/C=C\C#C)=C/C)cc2)c2cncnc21. The van der Waals surface area contributed by atoms with Crippen LogP contribution in [-0.2, 0) is 0 Å². The summed E-state index contributed by atoms with van der Waals surface area (Å²) in [4.78, 5) is 11.0. The molecule has 0 radical (unpaired) electrons. The summed E-state index contributed by atoms with van der Waals surface area (Å²) < 4.78 is 7.90. The Bertz CT molecular complexity index is 1110. The number of aromatic nitrogens is 4. The lowest BCUT2D eigenvalue weighted by atomic mass is 10.1. The van der Waals surface area contributed by atoms with E-state index in [1.54, 1.807) is 18.5 Å². The number of terminal acetylenes is 1. The lowest BCUT2D eigenvalue weighted by molar-refractivity contribution is 0.306. The molecule has 3 heterocycles. The maximum absolute atomic E-state index is 5.87. The van der Waals surface area contributed by atoms with E-state index in [2.05, 4.69) is 28.7 Å². The van der Waals surface area contributed by atoms with Gasteiger partial charge in [-0.25, -0.2) is 14.6 Å². The topological polar surface area (TPSA) is 56.1 Å². The Morgan fingerprint density at radius 3 is 2.86 bits per heavy atom. The van der Waals surface area contributed by atoms with Crippen molar-refractivity contribution in [1.82, 2.24) is 24.6 Å². The summed E-state index contributed by atoms with van der Waals surface area (Å²) in [6, 6.07) is 7.87. The molecular formula is C22H22BN5O. The van der Waals surface area contributed by atoms with Crippen molar-refractivity contribution in [2.24, 2.45) is 0 Å². The third kappa shape index (κ3) is 3.80. The zero-order valence-corrected chi connectivity index (χ0v) is 16.6. The highest BCUT2D eigenvalue weighted by atomic mass is 16.5. The molecule has 0 aliphatic carbocycles. The maximum Gasteiger partial charge on any atom is 0.188 e. The second-order valence-corrected chi connectivity index (χ2v) is 6.97. The van der Waals surface area contributed by atoms with E-state index in [1.807, 2.05) is 48.1 Å². The minimum Gasteiger partial charge on any atom is -0.458 e. The predicted octanol–water partition coefficient (Wildman–Crippen LogP) is 3.11. The number of ether oxygens (including phenoxy) is 1. The fraction of sp³-hybridized carbons (Fsp3) is 0.227. The Hall–Kier alpha value is -3.37. The summed E-state index contributed by atoms with van der Waals surface area (Å²) in [7, 11) is 2.13. The molecule has 0 N–H and O–H groups in total. The van der Waals surface area contributed by atoms with Crippen LogP contribution in [0.5, 0.6) is 5.75 Å². The van der Waals surface area contributed by atoms with Gasteiger partial charge in [0.2, 0.25) is 0 Å². The Kier molecular flexibility index (Phi) is 5.45. The third-order valence-corrected chi connectivity index (χ3v) is 5.13. The molecule has 2 aromatic heterocycles. The molecular weight excluding hydrogens is 361 g/mol. The van der Waals surface area contributed by atoms with E-state index in [0.717, 1.165) is 47.4 Å². The van der Waals surface area contributed by atoms with Gasteiger partial charge in [-0.05, 0) is 68.8 Å². The van der Waals surface area contributed by atoms with Crippen LogP contribution in [0.25, 0.3) is 22.3 Å². The molecule has 7 heteroatoms. The van der Waals surface area contributed by atoms with Gasteiger partial charge in [-0.1, -0.05) is 5.92 Å². The number of benzene rings is 1. The summed E-state index contributed by atoms with van der Waals surface area (Å²) in [6.07, 6.45) is 16.4. The van der Waals surface area contributed by atoms with Gasteiger partial charge in [0, 0.05) is 11.8 Å². The molecule has 6 nitrogen and oxygen atoms in total. The molecule has 4 rings (SSSR count). The van der Waals surface area contributed by atoms with Gasteiger partial charge in [0.25, 0.3) is 0 Å². The second kappa shape index (κ2) is 8.33. The number of hydrogen-bond acceptors (Lipinski definition) is 5. The first-order valence-corrected chi connectivity index (χ1v) is 9.67. The van der Waals surface area contributed by atoms with E-state index in [4.69, 9.17) is 16.3 Å². The van der Waals surface area contributed by atoms with Crippen molar-refractivity contribution in [1.29, 1.82) is 0 Å². The van der Waals surface area contributed by atoms with Gasteiger partial charge in [0.05, 0.1) is 11.6 Å². The van der Waals surface area contributed by atoms with Crippen LogP contribution in [0.15, 0.2) is 60.8 Å². The molecule has 1 fully saturated rings. The predicted molar refractivity (Wildman–Crippen MR) is 117 cm³/mol. The third-order valence-electron chi connectivity index (χ3n) is 5.13. The quantitative estimate of drug-likeness (QED) is 0.293. The zero-order chi connectivity index (χ0) is 20.2. The van der Waals surface area contributed by atoms with Crippen LogP contribution in [-0.4, -0.2) is 39.1 Å². The molecule has 1 saturated heterocycles. The largest absolute Gasteiger partial charge is 0.458 e. The Morgan fingerprint density at radius 2 is 2.17 bits per heavy atom. The van der Waals surface area contributed by atoms with Crippen LogP contribution in [0.4, 0.5) is 0 Å². The lowest BCUT2D eigenvalue weighted by Gasteiger charge is -2.20. The van der Waals surface area contributed by atoms with Gasteiger partial charge in [-0.15, -0.1) is 6.42 Å². The molecule has 0 spiro atoms. The van der Waals surface area contributed by atoms with Gasteiger partial charge in [0.1, 0.15) is 23.5 Å². The monoisotopic (exact) mass is 383 g/mol. The fourth-order valence-electron chi connectivity index (χ4n) is 3.64. The van der Waals surface area contributed by atoms with Crippen LogP contribution >= 0.6 is 0 Å². The summed E-state index contributed by atoms with van der Waals surface area (Å²) in [6.45, 7) is 2.98. The number of hydrogen-bond donors (Lipinski definition) is 0. The summed E-state index contributed by atoms with van der Waals surface area (Å²) in [5, 5.41) is 5.88. The Morgan fingerprint density at radius 1 is 1.34 bits per heavy atom. The zero-order valence-electron chi connectivity index (χ0n) is 16.6. The van der Waals surface area contributed by atoms with Crippen LogP contribution in [0.3, 0.4) is 0 Å². The average molecular weight is 383 g/mol. The van der Waals surface area contributed by atoms with Crippen molar-refractivity contribution in [2.45, 2.75) is 25.9 Å². The van der Waals surface area contributed by atoms with Gasteiger partial charge in [0.15, 0.2) is 13.6 Å². The normalized spacial score (nSPS) is 17.8. The lowest BCUT2D eigenvalue weighted by Crippen LogP contribution is -2.25. The van der Waals surface area contributed by atoms with Gasteiger partial charge in [-0.3, -0.25) is 0 Å². The van der Waals surface area contributed by atoms with E-state index < -0.39 is 0 Å². The molecule has 0 saturated carbocycles. The van der Waals surface area contributed by atoms with Crippen molar-refractivity contribution in [3.8, 4) is 29.4 Å². The maximum atomic E-state index is 5.87. The molecule has 144 valence electrons. The van der Waals surface area contributed by atoms with Gasteiger partial charge in [-0.2, -0.15) is 5.10 Å². The first kappa shape index (κ1) is 19.0. The Balaban J connectivity index is 1.67. The number of nitrogens with zero attached hydrogens (tertiary/aromatic N) is 5. The van der Waals surface area contributed by atoms with Crippen LogP contribution in [0.2, 0.25) is 0 Å². The number of allylic oxidation sites excluding steroid dienone is 3. The molecule has 29 heavy (non-hydrogen) atoms. The first-order chi connectivity index (χ1) is 14.2. The molecule has 1 atom stereocenters. The van der Waals surface area contributed by atoms with Crippen molar-refractivity contribution >= 4 is 19.0 Å². The second-order valence-electron chi connectivity index (χ2n) is 6.97. The van der Waals surface area contributed by atoms with E-state index in [9.17, 15) is 0 Å². The smallest absolute Gasteiger partial charge is 0.188 e. The van der Waals surface area contributed by atoms with E-state index >= 15 is 0 Å². The highest BCUT2D eigenvalue weighted by Crippen LogP contribution is 2.33. The molecule has 0 unspecified atom stereocenters. The molecule has 1 aliphatic rings. The average Bonchev–Trinajstić information content (AvgIpc) is 3.35. The van der Waals surface area contributed by atoms with Gasteiger partial charge >= 0.3 is 0 Å². The fourth-order valence-corrected chi connectivity index (χ4v) is 3.64. The van der Waals surface area contributed by atoms with E-state index in [-0.39, 0.29) is 6.17 Å². The minimum absolute atomic E-state index is 0.226. The number of rotatable bonds is 5. The molecule has 3 aromatic rings. The van der Waals surface area contributed by atoms with Crippen molar-refractivity contribution < 1.29 is 4.74 Å². The highest BCUT2D eigenvalue weighted by Gasteiger charge is 2.26. The minimum atomic E-state index is 0.226. The summed E-state index contributed by atoms with van der Waals surface area (Å²) >= 11 is 0. The van der Waals surface area contributed by atoms with Crippen LogP contribution in [0.1, 0.15) is 25.9 Å². The van der Waals surface area contributed by atoms with Crippen molar-refractivity contribution in [2.75, 3.05) is 6.54 Å². The standard InChI is InChI=1S/C22H22BN5O/c1-3-5-7-17(4-2)29-18-11-9-16(10-12-18)21-19-14-24-15-25-22(19)28(26-21)20-8-6-13-27(20)23/h1,4-5,7,9-12,14-15,20H,6,8,13,23H2,2H3/b7-5-,17-4+/t20-/m0/s1.